The molecule has 0 bridgehead atoms. The van der Waals surface area contributed by atoms with Crippen molar-refractivity contribution < 1.29 is 41.7 Å². The number of hydrogen-bond acceptors (Lipinski definition) is 12. The van der Waals surface area contributed by atoms with E-state index in [0.29, 0.717) is 0 Å². The SMILES string of the molecule is [C-]#[N+]CCOP(=S)(OC[C@H]1O[C@@H](C)C(C)[C@H]1OP(=S)(OC)OCCC#N)O[C@@H]1C(C)[C@H](C)O[C@@H]1CO. The highest BCUT2D eigenvalue weighted by Gasteiger charge is 2.47. The molecule has 1 N–H and O–H groups in total. The fourth-order valence-corrected chi connectivity index (χ4v) is 7.74. The van der Waals surface area contributed by atoms with Crippen molar-refractivity contribution in [2.24, 2.45) is 11.8 Å². The maximum Gasteiger partial charge on any atom is 0.327 e. The van der Waals surface area contributed by atoms with Crippen molar-refractivity contribution in [2.45, 2.75) is 70.7 Å². The maximum atomic E-state index is 9.75. The van der Waals surface area contributed by atoms with Crippen molar-refractivity contribution in [3.63, 3.8) is 0 Å². The Balaban J connectivity index is 2.15. The van der Waals surface area contributed by atoms with Crippen LogP contribution in [0, 0.1) is 29.7 Å². The van der Waals surface area contributed by atoms with Gasteiger partial charge in [0.05, 0.1) is 44.5 Å². The minimum Gasteiger partial charge on any atom is -0.394 e. The third-order valence-electron chi connectivity index (χ3n) is 6.25. The summed E-state index contributed by atoms with van der Waals surface area (Å²) < 4.78 is 47.0. The van der Waals surface area contributed by atoms with Crippen molar-refractivity contribution in [1.29, 1.82) is 5.26 Å². The van der Waals surface area contributed by atoms with Gasteiger partial charge >= 0.3 is 13.4 Å². The van der Waals surface area contributed by atoms with E-state index in [-0.39, 0.29) is 63.4 Å². The minimum atomic E-state index is -3.36. The van der Waals surface area contributed by atoms with Gasteiger partial charge in [-0.3, -0.25) is 0 Å². The van der Waals surface area contributed by atoms with E-state index in [4.69, 9.17) is 72.1 Å². The van der Waals surface area contributed by atoms with Gasteiger partial charge in [0.25, 0.3) is 0 Å². The summed E-state index contributed by atoms with van der Waals surface area (Å²) in [5, 5.41) is 18.5. The lowest BCUT2D eigenvalue weighted by Crippen LogP contribution is -2.34. The number of hydrogen-bond donors (Lipinski definition) is 1. The van der Waals surface area contributed by atoms with Gasteiger partial charge in [0.2, 0.25) is 6.54 Å². The highest BCUT2D eigenvalue weighted by atomic mass is 32.5. The Kier molecular flexibility index (Phi) is 13.3. The fourth-order valence-electron chi connectivity index (χ4n) is 3.86. The summed E-state index contributed by atoms with van der Waals surface area (Å²) in [4.78, 5) is 3.30. The summed E-state index contributed by atoms with van der Waals surface area (Å²) in [5.74, 6) is -0.130. The third kappa shape index (κ3) is 8.72. The van der Waals surface area contributed by atoms with Crippen molar-refractivity contribution >= 4 is 37.1 Å². The number of nitriles is 1. The second-order valence-electron chi connectivity index (χ2n) is 8.63. The van der Waals surface area contributed by atoms with Crippen LogP contribution >= 0.6 is 13.4 Å². The Morgan fingerprint density at radius 1 is 0.944 bits per heavy atom. The lowest BCUT2D eigenvalue weighted by Gasteiger charge is -2.31. The smallest absolute Gasteiger partial charge is 0.327 e. The molecule has 10 atom stereocenters. The molecule has 4 unspecified atom stereocenters. The minimum absolute atomic E-state index is 0.0206. The number of aliphatic hydroxyl groups excluding tert-OH is 1. The Morgan fingerprint density at radius 3 is 2.06 bits per heavy atom. The van der Waals surface area contributed by atoms with E-state index in [2.05, 4.69) is 4.85 Å². The highest BCUT2D eigenvalue weighted by molar-refractivity contribution is 8.07. The second kappa shape index (κ2) is 14.9. The lowest BCUT2D eigenvalue weighted by atomic mass is 10.00. The normalized spacial score (nSPS) is 35.6. The van der Waals surface area contributed by atoms with Crippen LogP contribution in [0.15, 0.2) is 0 Å². The molecule has 11 nitrogen and oxygen atoms in total. The molecule has 2 fully saturated rings. The summed E-state index contributed by atoms with van der Waals surface area (Å²) in [6.07, 6.45) is -2.37. The Labute approximate surface area is 223 Å². The molecule has 0 aromatic rings. The molecule has 2 saturated heterocycles. The first-order chi connectivity index (χ1) is 17.0. The van der Waals surface area contributed by atoms with Crippen LogP contribution in [0.5, 0.6) is 0 Å². The van der Waals surface area contributed by atoms with Crippen LogP contribution in [0.25, 0.3) is 4.85 Å². The Bertz CT molecular complexity index is 886. The van der Waals surface area contributed by atoms with E-state index in [0.717, 1.165) is 0 Å². The van der Waals surface area contributed by atoms with Gasteiger partial charge < -0.3 is 46.6 Å². The van der Waals surface area contributed by atoms with Gasteiger partial charge in [-0.2, -0.15) is 5.26 Å². The molecule has 0 aliphatic carbocycles. The molecule has 36 heavy (non-hydrogen) atoms. The lowest BCUT2D eigenvalue weighted by molar-refractivity contribution is -0.0301. The summed E-state index contributed by atoms with van der Waals surface area (Å²) in [6.45, 7) is 8.23. The van der Waals surface area contributed by atoms with Crippen molar-refractivity contribution in [1.82, 2.24) is 0 Å². The summed E-state index contributed by atoms with van der Waals surface area (Å²) >= 11 is 11.2. The molecule has 2 aliphatic heterocycles. The van der Waals surface area contributed by atoms with Crippen LogP contribution in [-0.2, 0) is 60.2 Å². The molecule has 0 spiro atoms. The first-order valence-electron chi connectivity index (χ1n) is 11.7. The summed E-state index contributed by atoms with van der Waals surface area (Å²) in [5.41, 5.74) is 0. The van der Waals surface area contributed by atoms with E-state index in [1.165, 1.54) is 7.11 Å². The molecule has 206 valence electrons. The number of ether oxygens (including phenoxy) is 2. The van der Waals surface area contributed by atoms with E-state index >= 15 is 0 Å². The zero-order valence-electron chi connectivity index (χ0n) is 21.2. The van der Waals surface area contributed by atoms with Gasteiger partial charge in [-0.05, 0) is 37.5 Å². The van der Waals surface area contributed by atoms with E-state index < -0.39 is 37.9 Å². The van der Waals surface area contributed by atoms with E-state index in [9.17, 15) is 5.11 Å². The van der Waals surface area contributed by atoms with Crippen LogP contribution in [0.2, 0.25) is 0 Å². The number of rotatable bonds is 15. The third-order valence-corrected chi connectivity index (χ3v) is 11.1. The second-order valence-corrected chi connectivity index (χ2v) is 14.7. The zero-order valence-corrected chi connectivity index (χ0v) is 24.6. The average molecular weight is 587 g/mol. The van der Waals surface area contributed by atoms with Gasteiger partial charge in [0, 0.05) is 18.9 Å². The molecular formula is C21H36N2O9P2S2. The van der Waals surface area contributed by atoms with E-state index in [1.54, 1.807) is 0 Å². The molecular weight excluding hydrogens is 550 g/mol. The molecule has 0 saturated carbocycles. The van der Waals surface area contributed by atoms with Crippen molar-refractivity contribution in [3.05, 3.63) is 11.4 Å². The van der Waals surface area contributed by atoms with Crippen LogP contribution in [0.1, 0.15) is 34.1 Å². The standard InChI is InChI=1S/C21H36N2O9P2S2/c1-14-16(3)29-18(12-24)20(14)32-34(36,27-11-9-23-5)28-13-19-21(15(2)17(4)30-19)31-33(35,25-6)26-10-7-8-22/h14-21,24H,7,9-13H2,1-4,6H3/t14?,15?,16-,17-,18+,19+,20+,21+,33?,34?/m0/s1. The monoisotopic (exact) mass is 586 g/mol. The summed E-state index contributed by atoms with van der Waals surface area (Å²) in [7, 11) is 1.41. The van der Waals surface area contributed by atoms with Crippen LogP contribution < -0.4 is 0 Å². The van der Waals surface area contributed by atoms with Gasteiger partial charge in [-0.25, -0.2) is 6.57 Å². The van der Waals surface area contributed by atoms with Gasteiger partial charge in [-0.1, -0.05) is 13.8 Å². The highest BCUT2D eigenvalue weighted by Crippen LogP contribution is 2.56. The zero-order chi connectivity index (χ0) is 26.9. The average Bonchev–Trinajstić information content (AvgIpc) is 3.27. The van der Waals surface area contributed by atoms with Crippen molar-refractivity contribution in [2.75, 3.05) is 40.1 Å². The molecule has 2 aliphatic rings. The molecule has 15 heteroatoms. The first kappa shape index (κ1) is 32.1. The van der Waals surface area contributed by atoms with E-state index in [1.807, 2.05) is 33.8 Å². The molecule has 2 rings (SSSR count). The topological polar surface area (TPSA) is 122 Å². The van der Waals surface area contributed by atoms with Gasteiger partial charge in [0.1, 0.15) is 31.0 Å². The fraction of sp³-hybridized carbons (Fsp3) is 0.905. The molecule has 0 amide bonds. The molecule has 2 heterocycles. The number of nitrogens with zero attached hydrogens (tertiary/aromatic N) is 2. The predicted octanol–water partition coefficient (Wildman–Crippen LogP) is 3.57. The van der Waals surface area contributed by atoms with Gasteiger partial charge in [0.15, 0.2) is 0 Å². The maximum absolute atomic E-state index is 9.75. The first-order valence-corrected chi connectivity index (χ1v) is 16.8. The summed E-state index contributed by atoms with van der Waals surface area (Å²) in [6, 6.07) is 2.00. The van der Waals surface area contributed by atoms with Crippen molar-refractivity contribution in [3.8, 4) is 6.07 Å². The van der Waals surface area contributed by atoms with Crippen LogP contribution in [-0.4, -0.2) is 81.8 Å². The number of aliphatic hydroxyl groups is 1. The Hall–Kier alpha value is -0.0800. The van der Waals surface area contributed by atoms with Gasteiger partial charge in [-0.15, -0.1) is 0 Å². The van der Waals surface area contributed by atoms with Crippen LogP contribution in [0.3, 0.4) is 0 Å². The molecule has 0 radical (unpaired) electrons. The Morgan fingerprint density at radius 2 is 1.50 bits per heavy atom. The van der Waals surface area contributed by atoms with Crippen LogP contribution in [0.4, 0.5) is 0 Å². The quantitative estimate of drug-likeness (QED) is 0.171. The predicted molar refractivity (Wildman–Crippen MR) is 139 cm³/mol. The molecule has 0 aromatic carbocycles. The largest absolute Gasteiger partial charge is 0.394 e. The molecule has 0 aromatic heterocycles.